The Labute approximate surface area is 94.2 Å². The Kier molecular flexibility index (Phi) is 4.04. The minimum absolute atomic E-state index is 0.0349. The largest absolute Gasteiger partial charge is 0.298 e. The van der Waals surface area contributed by atoms with Gasteiger partial charge in [-0.3, -0.25) is 9.59 Å². The quantitative estimate of drug-likeness (QED) is 0.582. The number of rotatable bonds is 4. The molecular weight excluding hydrogens is 212 g/mol. The third-order valence-electron chi connectivity index (χ3n) is 2.22. The number of carbonyl (C=O) groups is 2. The van der Waals surface area contributed by atoms with Gasteiger partial charge < -0.3 is 0 Å². The van der Waals surface area contributed by atoms with Crippen molar-refractivity contribution in [3.8, 4) is 0 Å². The highest BCUT2D eigenvalue weighted by molar-refractivity contribution is 6.30. The van der Waals surface area contributed by atoms with Crippen LogP contribution in [0, 0.1) is 0 Å². The van der Waals surface area contributed by atoms with Crippen LogP contribution in [0.15, 0.2) is 24.3 Å². The number of hydrogen-bond donors (Lipinski definition) is 0. The van der Waals surface area contributed by atoms with Gasteiger partial charge in [0, 0.05) is 5.56 Å². The molecule has 0 saturated heterocycles. The summed E-state index contributed by atoms with van der Waals surface area (Å²) in [6.07, 6.45) is 0.509. The lowest BCUT2D eigenvalue weighted by Gasteiger charge is -2.05. The topological polar surface area (TPSA) is 34.1 Å². The Morgan fingerprint density at radius 3 is 2.13 bits per heavy atom. The fraction of sp³-hybridized carbons (Fsp3) is 0.333. The van der Waals surface area contributed by atoms with Gasteiger partial charge in [0.25, 0.3) is 0 Å². The predicted molar refractivity (Wildman–Crippen MR) is 60.5 cm³/mol. The zero-order valence-corrected chi connectivity index (χ0v) is 9.54. The van der Waals surface area contributed by atoms with Crippen LogP contribution >= 0.6 is 11.6 Å². The van der Waals surface area contributed by atoms with Gasteiger partial charge in [-0.05, 0) is 25.8 Å². The summed E-state index contributed by atoms with van der Waals surface area (Å²) < 4.78 is 0. The van der Waals surface area contributed by atoms with Crippen LogP contribution in [0.1, 0.15) is 29.8 Å². The van der Waals surface area contributed by atoms with E-state index < -0.39 is 5.38 Å². The second kappa shape index (κ2) is 5.08. The van der Waals surface area contributed by atoms with Gasteiger partial charge in [0.15, 0.2) is 5.78 Å². The summed E-state index contributed by atoms with van der Waals surface area (Å²) in [6, 6.07) is 7.16. The minimum Gasteiger partial charge on any atom is -0.298 e. The third kappa shape index (κ3) is 3.48. The summed E-state index contributed by atoms with van der Waals surface area (Å²) in [7, 11) is 0. The van der Waals surface area contributed by atoms with Crippen molar-refractivity contribution in [3.05, 3.63) is 35.4 Å². The molecule has 2 nitrogen and oxygen atoms in total. The molecule has 3 heteroatoms. The number of carbonyl (C=O) groups excluding carboxylic acids is 2. The molecule has 0 radical (unpaired) electrons. The molecule has 0 aliphatic heterocycles. The predicted octanol–water partition coefficient (Wildman–Crippen LogP) is 2.63. The van der Waals surface area contributed by atoms with Crippen LogP contribution in [-0.2, 0) is 11.2 Å². The molecular formula is C12H13ClO2. The second-order valence-corrected chi connectivity index (χ2v) is 4.06. The Bertz CT molecular complexity index is 368. The van der Waals surface area contributed by atoms with Crippen molar-refractivity contribution in [2.45, 2.75) is 25.6 Å². The first-order valence-corrected chi connectivity index (χ1v) is 5.18. The molecule has 1 aromatic carbocycles. The summed E-state index contributed by atoms with van der Waals surface area (Å²) >= 11 is 5.84. The molecule has 0 N–H and O–H groups in total. The van der Waals surface area contributed by atoms with Crippen molar-refractivity contribution in [2.24, 2.45) is 0 Å². The number of Topliss-reactive ketones (excluding diaryl/α,β-unsaturated/α-hetero) is 2. The van der Waals surface area contributed by atoms with Gasteiger partial charge in [0.2, 0.25) is 0 Å². The number of halogens is 1. The van der Waals surface area contributed by atoms with Crippen molar-refractivity contribution in [1.82, 2.24) is 0 Å². The molecule has 1 atom stereocenters. The van der Waals surface area contributed by atoms with Crippen LogP contribution in [-0.4, -0.2) is 16.9 Å². The standard InChI is InChI=1S/C12H13ClO2/c1-8(14)11-5-3-10(4-6-11)7-12(13)9(2)15/h3-6,12H,7H2,1-2H3. The molecule has 0 aromatic heterocycles. The van der Waals surface area contributed by atoms with E-state index in [0.29, 0.717) is 12.0 Å². The van der Waals surface area contributed by atoms with Gasteiger partial charge in [-0.2, -0.15) is 0 Å². The van der Waals surface area contributed by atoms with Crippen LogP contribution < -0.4 is 0 Å². The summed E-state index contributed by atoms with van der Waals surface area (Å²) in [6.45, 7) is 3.00. The van der Waals surface area contributed by atoms with Crippen LogP contribution in [0.4, 0.5) is 0 Å². The average Bonchev–Trinajstić information content (AvgIpc) is 2.18. The molecule has 1 aromatic rings. The van der Waals surface area contributed by atoms with Gasteiger partial charge in [-0.15, -0.1) is 11.6 Å². The lowest BCUT2D eigenvalue weighted by Crippen LogP contribution is -2.13. The van der Waals surface area contributed by atoms with Crippen LogP contribution in [0.3, 0.4) is 0 Å². The van der Waals surface area contributed by atoms with Gasteiger partial charge >= 0.3 is 0 Å². The Morgan fingerprint density at radius 1 is 1.20 bits per heavy atom. The molecule has 15 heavy (non-hydrogen) atoms. The van der Waals surface area contributed by atoms with Gasteiger partial charge in [-0.1, -0.05) is 24.3 Å². The number of benzene rings is 1. The van der Waals surface area contributed by atoms with Gasteiger partial charge in [0.05, 0.1) is 5.38 Å². The van der Waals surface area contributed by atoms with Crippen LogP contribution in [0.5, 0.6) is 0 Å². The van der Waals surface area contributed by atoms with Crippen molar-refractivity contribution in [2.75, 3.05) is 0 Å². The molecule has 0 amide bonds. The van der Waals surface area contributed by atoms with E-state index in [2.05, 4.69) is 0 Å². The SMILES string of the molecule is CC(=O)c1ccc(CC(Cl)C(C)=O)cc1. The Hall–Kier alpha value is -1.15. The Balaban J connectivity index is 2.72. The molecule has 0 aliphatic rings. The first-order valence-electron chi connectivity index (χ1n) is 4.75. The molecule has 0 bridgehead atoms. The highest BCUT2D eigenvalue weighted by atomic mass is 35.5. The highest BCUT2D eigenvalue weighted by Crippen LogP contribution is 2.11. The Morgan fingerprint density at radius 2 is 1.73 bits per heavy atom. The van der Waals surface area contributed by atoms with E-state index in [-0.39, 0.29) is 11.6 Å². The maximum absolute atomic E-state index is 11.0. The zero-order valence-electron chi connectivity index (χ0n) is 8.79. The van der Waals surface area contributed by atoms with Gasteiger partial charge in [0.1, 0.15) is 5.78 Å². The van der Waals surface area contributed by atoms with E-state index in [9.17, 15) is 9.59 Å². The molecule has 0 aliphatic carbocycles. The number of hydrogen-bond acceptors (Lipinski definition) is 2. The molecule has 1 rings (SSSR count). The monoisotopic (exact) mass is 224 g/mol. The summed E-state index contributed by atoms with van der Waals surface area (Å²) in [4.78, 5) is 21.9. The first kappa shape index (κ1) is 11.9. The van der Waals surface area contributed by atoms with Crippen molar-refractivity contribution >= 4 is 23.2 Å². The summed E-state index contributed by atoms with van der Waals surface area (Å²) in [5.74, 6) is 0.00264. The highest BCUT2D eigenvalue weighted by Gasteiger charge is 2.10. The van der Waals surface area contributed by atoms with E-state index in [1.807, 2.05) is 12.1 Å². The van der Waals surface area contributed by atoms with Gasteiger partial charge in [-0.25, -0.2) is 0 Å². The molecule has 0 spiro atoms. The molecule has 80 valence electrons. The minimum atomic E-state index is -0.479. The van der Waals surface area contributed by atoms with E-state index in [0.717, 1.165) is 5.56 Å². The normalized spacial score (nSPS) is 12.2. The molecule has 0 saturated carbocycles. The first-order chi connectivity index (χ1) is 7.00. The smallest absolute Gasteiger partial charge is 0.159 e. The fourth-order valence-corrected chi connectivity index (χ4v) is 1.40. The average molecular weight is 225 g/mol. The maximum Gasteiger partial charge on any atom is 0.159 e. The fourth-order valence-electron chi connectivity index (χ4n) is 1.23. The van der Waals surface area contributed by atoms with Crippen molar-refractivity contribution < 1.29 is 9.59 Å². The lowest BCUT2D eigenvalue weighted by molar-refractivity contribution is -0.116. The van der Waals surface area contributed by atoms with Crippen molar-refractivity contribution in [3.63, 3.8) is 0 Å². The molecule has 0 heterocycles. The zero-order chi connectivity index (χ0) is 11.4. The van der Waals surface area contributed by atoms with E-state index in [1.54, 1.807) is 12.1 Å². The van der Waals surface area contributed by atoms with E-state index in [1.165, 1.54) is 13.8 Å². The number of ketones is 2. The lowest BCUT2D eigenvalue weighted by atomic mass is 10.0. The van der Waals surface area contributed by atoms with E-state index >= 15 is 0 Å². The van der Waals surface area contributed by atoms with Crippen LogP contribution in [0.2, 0.25) is 0 Å². The third-order valence-corrected chi connectivity index (χ3v) is 2.68. The second-order valence-electron chi connectivity index (χ2n) is 3.54. The van der Waals surface area contributed by atoms with Crippen molar-refractivity contribution in [1.29, 1.82) is 0 Å². The van der Waals surface area contributed by atoms with E-state index in [4.69, 9.17) is 11.6 Å². The number of alkyl halides is 1. The van der Waals surface area contributed by atoms with Crippen LogP contribution in [0.25, 0.3) is 0 Å². The summed E-state index contributed by atoms with van der Waals surface area (Å²) in [5.41, 5.74) is 1.64. The molecule has 1 unspecified atom stereocenters. The maximum atomic E-state index is 11.0. The summed E-state index contributed by atoms with van der Waals surface area (Å²) in [5, 5.41) is -0.479. The molecule has 0 fully saturated rings.